The Balaban J connectivity index is 1.20. The summed E-state index contributed by atoms with van der Waals surface area (Å²) in [6.45, 7) is 7.62. The van der Waals surface area contributed by atoms with Crippen LogP contribution in [-0.2, 0) is 110 Å². The quantitative estimate of drug-likeness (QED) is 0.0350. The lowest BCUT2D eigenvalue weighted by Gasteiger charge is -2.37. The molecule has 11 atom stereocenters. The molecule has 7 aromatic rings. The van der Waals surface area contributed by atoms with Crippen LogP contribution in [0, 0.1) is 23.7 Å². The van der Waals surface area contributed by atoms with Crippen molar-refractivity contribution < 1.29 is 82.1 Å². The zero-order valence-corrected chi connectivity index (χ0v) is 75.4. The lowest BCUT2D eigenvalue weighted by molar-refractivity contribution is -0.151. The fourth-order valence-electron chi connectivity index (χ4n) is 15.7. The molecule has 128 heavy (non-hydrogen) atoms. The molecule has 0 aliphatic carbocycles. The van der Waals surface area contributed by atoms with E-state index in [1.807, 2.05) is 6.92 Å². The first-order valence-corrected chi connectivity index (χ1v) is 44.6. The summed E-state index contributed by atoms with van der Waals surface area (Å²) in [6.07, 6.45) is 0.116. The van der Waals surface area contributed by atoms with E-state index in [1.54, 1.807) is 149 Å². The number of carbonyl (C=O) groups is 15. The average molecular weight is 1780 g/mol. The Morgan fingerprint density at radius 1 is 0.469 bits per heavy atom. The molecule has 0 unspecified atom stereocenters. The van der Waals surface area contributed by atoms with Gasteiger partial charge in [-0.05, 0) is 101 Å². The van der Waals surface area contributed by atoms with Gasteiger partial charge in [-0.25, -0.2) is 0 Å². The average Bonchev–Trinajstić information content (AvgIpc) is 1.63. The Morgan fingerprint density at radius 2 is 0.945 bits per heavy atom. The maximum Gasteiger partial charge on any atom is 0.246 e. The van der Waals surface area contributed by atoms with E-state index in [4.69, 9.17) is 11.5 Å². The number of hydrogen-bond donors (Lipinski definition) is 11. The lowest BCUT2D eigenvalue weighted by atomic mass is 9.83. The summed E-state index contributed by atoms with van der Waals surface area (Å²) in [5.74, 6) is -15.0. The van der Waals surface area contributed by atoms with Gasteiger partial charge >= 0.3 is 0 Å². The second-order valence-corrected chi connectivity index (χ2v) is 34.9. The molecule has 1 aromatic heterocycles. The number of H-pyrrole nitrogens is 1. The molecule has 8 rings (SSSR count). The number of phenols is 2. The van der Waals surface area contributed by atoms with Crippen LogP contribution in [0.3, 0.4) is 0 Å². The highest BCUT2D eigenvalue weighted by molar-refractivity contribution is 8.00. The number of nitrogens with zero attached hydrogens (tertiary/aromatic N) is 5. The number of para-hydroxylation sites is 1. The van der Waals surface area contributed by atoms with E-state index in [9.17, 15) is 39.0 Å². The standard InChI is InChI=1S/C96H124N14O17S/c1-11-12-32-80-95(126)106(6)55-70(113)51-66(43-44-97)84(115)53-72(60(4)5)92(123)109(9)81(49-62-26-18-14-19-27-62)91(122)104-77(48-65-35-39-69(112)40-36-65)93(124)107(7)56-86(117)100-76(52-67-54-99-73-31-23-22-30-71(67)73)90(121)103-75(46-64-33-37-68(111)38-34-64)89(120)102-74(45-59(2)3)88(119)105-79(83(114)41-42-85(98)116)57-128-58-87(118)101-78(47-61-24-16-13-17-25-61)94(125)110(10)82(96(127)108(80)8)50-63-28-20-15-21-29-63/h13-31,33-40,54,59-60,66,72,74-82,99,111-112H,11-12,32,41-53,55-58,97H2,1-10H3,(H2,98,116)(H,100,117)(H,101,118)(H,102,120)(H,103,121)(H,104,122)(H,105,119)/t66-,72+,74+,75+,76+,77+,78+,79+,80+,81+,82+/m1/s1. The van der Waals surface area contributed by atoms with Crippen LogP contribution in [0.5, 0.6) is 11.5 Å². The van der Waals surface area contributed by atoms with Gasteiger partial charge in [0.15, 0.2) is 11.6 Å². The molecule has 1 aliphatic heterocycles. The summed E-state index contributed by atoms with van der Waals surface area (Å²) >= 11 is 0.894. The van der Waals surface area contributed by atoms with Gasteiger partial charge in [0.05, 0.1) is 24.9 Å². The molecule has 6 aromatic carbocycles. The number of amides is 12. The molecule has 1 aliphatic rings. The zero-order chi connectivity index (χ0) is 93.4. The van der Waals surface area contributed by atoms with E-state index < -0.39 is 205 Å². The van der Waals surface area contributed by atoms with E-state index in [2.05, 4.69) is 36.9 Å². The summed E-state index contributed by atoms with van der Waals surface area (Å²) in [6, 6.07) is 32.4. The van der Waals surface area contributed by atoms with Crippen molar-refractivity contribution in [2.75, 3.05) is 66.4 Å². The number of phenolic OH excluding ortho intramolecular Hbond substituents is 2. The van der Waals surface area contributed by atoms with Crippen molar-refractivity contribution in [1.29, 1.82) is 0 Å². The van der Waals surface area contributed by atoms with Crippen LogP contribution in [0.4, 0.5) is 0 Å². The van der Waals surface area contributed by atoms with Crippen molar-refractivity contribution in [3.63, 3.8) is 0 Å². The van der Waals surface area contributed by atoms with Crippen molar-refractivity contribution in [3.05, 3.63) is 203 Å². The monoisotopic (exact) mass is 1780 g/mol. The molecule has 686 valence electrons. The first-order chi connectivity index (χ1) is 61.0. The Bertz CT molecular complexity index is 4960. The minimum atomic E-state index is -1.56. The van der Waals surface area contributed by atoms with Gasteiger partial charge in [-0.3, -0.25) is 71.9 Å². The van der Waals surface area contributed by atoms with Crippen LogP contribution in [-0.4, -0.2) is 249 Å². The van der Waals surface area contributed by atoms with Gasteiger partial charge in [0.2, 0.25) is 70.9 Å². The van der Waals surface area contributed by atoms with Crippen molar-refractivity contribution >= 4 is 111 Å². The van der Waals surface area contributed by atoms with Gasteiger partial charge in [0.25, 0.3) is 0 Å². The Labute approximate surface area is 752 Å². The highest BCUT2D eigenvalue weighted by atomic mass is 32.2. The number of fused-ring (bicyclic) bond motifs is 1. The van der Waals surface area contributed by atoms with E-state index >= 15 is 43.2 Å². The van der Waals surface area contributed by atoms with Gasteiger partial charge < -0.3 is 83.1 Å². The molecule has 12 amide bonds. The number of thioether (sulfide) groups is 1. The summed E-state index contributed by atoms with van der Waals surface area (Å²) in [5.41, 5.74) is 15.7. The number of likely N-dealkylation sites (N-methyl/N-ethyl adjacent to an activating group) is 5. The molecule has 0 saturated carbocycles. The Morgan fingerprint density at radius 3 is 1.50 bits per heavy atom. The number of hydrogen-bond acceptors (Lipinski definition) is 19. The number of aromatic nitrogens is 1. The van der Waals surface area contributed by atoms with Gasteiger partial charge in [-0.1, -0.05) is 181 Å². The number of aromatic amines is 1. The van der Waals surface area contributed by atoms with Gasteiger partial charge in [0, 0.05) is 134 Å². The molecule has 1 saturated heterocycles. The minimum absolute atomic E-state index is 0.0107. The van der Waals surface area contributed by atoms with Gasteiger partial charge in [0.1, 0.15) is 65.6 Å². The highest BCUT2D eigenvalue weighted by Crippen LogP contribution is 2.28. The largest absolute Gasteiger partial charge is 0.508 e. The summed E-state index contributed by atoms with van der Waals surface area (Å²) in [7, 11) is 6.99. The number of rotatable bonds is 24. The van der Waals surface area contributed by atoms with Gasteiger partial charge in [-0.2, -0.15) is 0 Å². The number of aromatic hydroxyl groups is 2. The molecule has 13 N–H and O–H groups in total. The molecule has 31 nitrogen and oxygen atoms in total. The molecule has 32 heteroatoms. The van der Waals surface area contributed by atoms with Crippen LogP contribution in [0.1, 0.15) is 126 Å². The Hall–Kier alpha value is -12.6. The zero-order valence-electron chi connectivity index (χ0n) is 74.6. The van der Waals surface area contributed by atoms with Crippen LogP contribution in [0.25, 0.3) is 10.9 Å². The molecule has 1 fully saturated rings. The summed E-state index contributed by atoms with van der Waals surface area (Å²) in [5, 5.41) is 38.3. The van der Waals surface area contributed by atoms with Crippen LogP contribution >= 0.6 is 11.8 Å². The number of nitrogens with one attached hydrogen (secondary N) is 7. The van der Waals surface area contributed by atoms with Crippen molar-refractivity contribution in [2.45, 2.75) is 185 Å². The highest BCUT2D eigenvalue weighted by Gasteiger charge is 2.42. The Kier molecular flexibility index (Phi) is 39.0. The van der Waals surface area contributed by atoms with Crippen LogP contribution in [0.15, 0.2) is 170 Å². The van der Waals surface area contributed by atoms with Gasteiger partial charge in [-0.15, -0.1) is 11.8 Å². The maximum atomic E-state index is 15.6. The number of unbranched alkanes of at least 4 members (excludes halogenated alkanes) is 1. The second-order valence-electron chi connectivity index (χ2n) is 33.9. The predicted molar refractivity (Wildman–Crippen MR) is 487 cm³/mol. The lowest BCUT2D eigenvalue weighted by Crippen LogP contribution is -2.59. The number of carbonyl (C=O) groups excluding carboxylic acids is 15. The third-order valence-corrected chi connectivity index (χ3v) is 24.1. The number of Topliss-reactive ketones (excluding diaryl/α,β-unsaturated/α-hetero) is 3. The molecular formula is C96H124N14O17S. The second kappa shape index (κ2) is 49.5. The summed E-state index contributed by atoms with van der Waals surface area (Å²) in [4.78, 5) is 232. The van der Waals surface area contributed by atoms with Crippen molar-refractivity contribution in [2.24, 2.45) is 35.1 Å². The van der Waals surface area contributed by atoms with Crippen LogP contribution in [0.2, 0.25) is 0 Å². The molecular weight excluding hydrogens is 1650 g/mol. The van der Waals surface area contributed by atoms with Crippen LogP contribution < -0.4 is 43.4 Å². The van der Waals surface area contributed by atoms with Crippen molar-refractivity contribution in [1.82, 2.24) is 61.4 Å². The minimum Gasteiger partial charge on any atom is -0.508 e. The molecule has 0 bridgehead atoms. The SMILES string of the molecule is CCCC[C@H]1C(=O)N(C)CC(=O)C[C@@H](CCN)C(=O)C[C@@H](C(C)C)C(=O)N(C)[C@@H](Cc2ccccc2)C(=O)N[C@@H](Cc2ccc(O)cc2)C(=O)N(C)CC(=O)N[C@@H](Cc2c[nH]c3ccccc23)C(=O)N[C@@H](Cc2ccc(O)cc2)C(=O)N[C@@H](CC(C)C)C(=O)N[C@H](C(=O)CCC(N)=O)CSCC(=O)N[C@@H](Cc2ccccc2)C(=O)N(C)[C@@H](Cc2ccccc2)C(=O)N1C. The topological polar surface area (TPSA) is 453 Å². The first-order valence-electron chi connectivity index (χ1n) is 43.5. The molecule has 0 spiro atoms. The fraction of sp³-hybridized carbons (Fsp3) is 0.448. The fourth-order valence-corrected chi connectivity index (χ4v) is 16.6. The third kappa shape index (κ3) is 30.3. The van der Waals surface area contributed by atoms with E-state index in [0.717, 1.165) is 16.7 Å². The smallest absolute Gasteiger partial charge is 0.246 e. The van der Waals surface area contributed by atoms with E-state index in [1.165, 1.54) is 103 Å². The van der Waals surface area contributed by atoms with E-state index in [0.29, 0.717) is 57.1 Å². The number of primary amides is 1. The molecule has 0 radical (unpaired) electrons. The maximum absolute atomic E-state index is 15.6. The molecule has 2 heterocycles. The summed E-state index contributed by atoms with van der Waals surface area (Å²) < 4.78 is 0. The number of benzene rings is 6. The number of nitrogens with two attached hydrogens (primary N) is 2. The number of ketones is 3. The van der Waals surface area contributed by atoms with Crippen molar-refractivity contribution in [3.8, 4) is 11.5 Å². The first kappa shape index (κ1) is 101. The predicted octanol–water partition coefficient (Wildman–Crippen LogP) is 5.62. The third-order valence-electron chi connectivity index (χ3n) is 23.1. The normalized spacial score (nSPS) is 22.2. The van der Waals surface area contributed by atoms with E-state index in [-0.39, 0.29) is 87.5 Å².